The van der Waals surface area contributed by atoms with Crippen molar-refractivity contribution in [1.29, 1.82) is 0 Å². The minimum Gasteiger partial charge on any atom is -0.476 e. The van der Waals surface area contributed by atoms with Crippen molar-refractivity contribution in [3.8, 4) is 0 Å². The molecule has 0 fully saturated rings. The number of aromatic carboxylic acids is 2. The quantitative estimate of drug-likeness (QED) is 0.843. The van der Waals surface area contributed by atoms with Crippen LogP contribution < -0.4 is 0 Å². The van der Waals surface area contributed by atoms with Gasteiger partial charge in [0.1, 0.15) is 6.17 Å². The zero-order valence-electron chi connectivity index (χ0n) is 12.6. The molecule has 0 aromatic carbocycles. The van der Waals surface area contributed by atoms with Gasteiger partial charge in [-0.1, -0.05) is 13.3 Å². The maximum Gasteiger partial charge on any atom is 0.356 e. The number of carboxylic acid groups (broad SMARTS) is 2. The van der Waals surface area contributed by atoms with Gasteiger partial charge in [-0.2, -0.15) is 10.2 Å². The Hall–Kier alpha value is -2.64. The predicted molar refractivity (Wildman–Crippen MR) is 77.2 cm³/mol. The predicted octanol–water partition coefficient (Wildman–Crippen LogP) is 1.94. The molecule has 0 bridgehead atoms. The Kier molecular flexibility index (Phi) is 4.30. The van der Waals surface area contributed by atoms with Crippen molar-refractivity contribution in [3.63, 3.8) is 0 Å². The Morgan fingerprint density at radius 3 is 1.73 bits per heavy atom. The first-order valence-electron chi connectivity index (χ1n) is 6.94. The highest BCUT2D eigenvalue weighted by Gasteiger charge is 2.22. The zero-order valence-corrected chi connectivity index (χ0v) is 12.6. The minimum absolute atomic E-state index is 0.0399. The van der Waals surface area contributed by atoms with E-state index < -0.39 is 11.9 Å². The molecule has 0 saturated heterocycles. The molecule has 0 amide bonds. The largest absolute Gasteiger partial charge is 0.476 e. The summed E-state index contributed by atoms with van der Waals surface area (Å²) in [6.45, 7) is 5.51. The number of hydrogen-bond donors (Lipinski definition) is 2. The second-order valence-electron chi connectivity index (χ2n) is 5.11. The van der Waals surface area contributed by atoms with Crippen LogP contribution in [0.4, 0.5) is 0 Å². The van der Waals surface area contributed by atoms with Crippen LogP contribution in [0.3, 0.4) is 0 Å². The third-order valence-corrected chi connectivity index (χ3v) is 3.39. The van der Waals surface area contributed by atoms with E-state index in [1.165, 1.54) is 12.1 Å². The lowest BCUT2D eigenvalue weighted by molar-refractivity contribution is 0.0679. The normalized spacial score (nSPS) is 11.1. The summed E-state index contributed by atoms with van der Waals surface area (Å²) >= 11 is 0. The maximum absolute atomic E-state index is 11.1. The molecule has 0 aliphatic rings. The Labute approximate surface area is 127 Å². The van der Waals surface area contributed by atoms with Crippen LogP contribution in [0.25, 0.3) is 0 Å². The highest BCUT2D eigenvalue weighted by molar-refractivity contribution is 5.85. The van der Waals surface area contributed by atoms with Crippen molar-refractivity contribution < 1.29 is 19.8 Å². The van der Waals surface area contributed by atoms with E-state index in [1.807, 2.05) is 6.92 Å². The second-order valence-corrected chi connectivity index (χ2v) is 5.11. The Balaban J connectivity index is 2.51. The smallest absolute Gasteiger partial charge is 0.356 e. The molecule has 2 rings (SSSR count). The molecular weight excluding hydrogens is 288 g/mol. The fraction of sp³-hybridized carbons (Fsp3) is 0.429. The highest BCUT2D eigenvalue weighted by Crippen LogP contribution is 2.21. The fourth-order valence-corrected chi connectivity index (χ4v) is 2.39. The van der Waals surface area contributed by atoms with E-state index >= 15 is 0 Å². The molecule has 2 N–H and O–H groups in total. The number of carboxylic acids is 2. The van der Waals surface area contributed by atoms with E-state index in [1.54, 1.807) is 23.2 Å². The Morgan fingerprint density at radius 1 is 1.05 bits per heavy atom. The molecule has 0 aliphatic heterocycles. The maximum atomic E-state index is 11.1. The van der Waals surface area contributed by atoms with Crippen molar-refractivity contribution >= 4 is 11.9 Å². The minimum atomic E-state index is -1.10. The monoisotopic (exact) mass is 306 g/mol. The van der Waals surface area contributed by atoms with E-state index in [2.05, 4.69) is 10.2 Å². The van der Waals surface area contributed by atoms with E-state index in [4.69, 9.17) is 10.2 Å². The lowest BCUT2D eigenvalue weighted by Gasteiger charge is -2.20. The SMILES string of the molecule is CCCC(n1nc(C(=O)O)cc1C)n1nc(C(=O)O)cc1C. The van der Waals surface area contributed by atoms with Gasteiger partial charge >= 0.3 is 11.9 Å². The molecule has 8 heteroatoms. The third-order valence-electron chi connectivity index (χ3n) is 3.39. The molecule has 0 unspecified atom stereocenters. The van der Waals surface area contributed by atoms with E-state index in [0.717, 1.165) is 6.42 Å². The van der Waals surface area contributed by atoms with Crippen molar-refractivity contribution in [3.05, 3.63) is 34.9 Å². The summed E-state index contributed by atoms with van der Waals surface area (Å²) in [5.74, 6) is -2.19. The molecule has 22 heavy (non-hydrogen) atoms. The summed E-state index contributed by atoms with van der Waals surface area (Å²) in [6.07, 6.45) is 1.11. The molecule has 8 nitrogen and oxygen atoms in total. The van der Waals surface area contributed by atoms with Gasteiger partial charge in [-0.25, -0.2) is 19.0 Å². The van der Waals surface area contributed by atoms with Gasteiger partial charge in [-0.05, 0) is 32.4 Å². The van der Waals surface area contributed by atoms with E-state index in [9.17, 15) is 9.59 Å². The molecule has 118 valence electrons. The highest BCUT2D eigenvalue weighted by atomic mass is 16.4. The molecule has 0 atom stereocenters. The summed E-state index contributed by atoms with van der Waals surface area (Å²) in [5, 5.41) is 26.3. The number of aromatic nitrogens is 4. The average Bonchev–Trinajstić information content (AvgIpc) is 3.00. The topological polar surface area (TPSA) is 110 Å². The van der Waals surface area contributed by atoms with Gasteiger partial charge in [0, 0.05) is 11.4 Å². The molecule has 2 heterocycles. The first-order chi connectivity index (χ1) is 10.3. The number of carbonyl (C=O) groups is 2. The number of nitrogens with zero attached hydrogens (tertiary/aromatic N) is 4. The average molecular weight is 306 g/mol. The summed E-state index contributed by atoms with van der Waals surface area (Å²) < 4.78 is 3.16. The van der Waals surface area contributed by atoms with Crippen LogP contribution in [-0.4, -0.2) is 41.7 Å². The van der Waals surface area contributed by atoms with Gasteiger partial charge in [0.15, 0.2) is 11.4 Å². The van der Waals surface area contributed by atoms with Crippen LogP contribution in [-0.2, 0) is 0 Å². The van der Waals surface area contributed by atoms with Crippen LogP contribution >= 0.6 is 0 Å². The van der Waals surface area contributed by atoms with Crippen molar-refractivity contribution in [2.75, 3.05) is 0 Å². The van der Waals surface area contributed by atoms with Gasteiger partial charge in [0.05, 0.1) is 0 Å². The standard InChI is InChI=1S/C14H18N4O4/c1-4-5-12(17-8(2)6-10(15-17)13(19)20)18-9(3)7-11(16-18)14(21)22/h6-7,12H,4-5H2,1-3H3,(H,19,20)(H,21,22). The Bertz CT molecular complexity index is 658. The van der Waals surface area contributed by atoms with Gasteiger partial charge in [-0.15, -0.1) is 0 Å². The molecule has 2 aromatic rings. The molecule has 0 aliphatic carbocycles. The fourth-order valence-electron chi connectivity index (χ4n) is 2.39. The summed E-state index contributed by atoms with van der Waals surface area (Å²) in [6, 6.07) is 2.98. The van der Waals surface area contributed by atoms with Crippen molar-refractivity contribution in [2.45, 2.75) is 39.8 Å². The number of aryl methyl sites for hydroxylation is 2. The first kappa shape index (κ1) is 15.7. The third kappa shape index (κ3) is 2.85. The molecule has 0 spiro atoms. The Morgan fingerprint density at radius 2 is 1.45 bits per heavy atom. The number of rotatable bonds is 6. The van der Waals surface area contributed by atoms with Crippen LogP contribution in [0.2, 0.25) is 0 Å². The molecule has 2 aromatic heterocycles. The lowest BCUT2D eigenvalue weighted by atomic mass is 10.2. The summed E-state index contributed by atoms with van der Waals surface area (Å²) in [7, 11) is 0. The van der Waals surface area contributed by atoms with Crippen molar-refractivity contribution in [2.24, 2.45) is 0 Å². The second kappa shape index (κ2) is 6.00. The first-order valence-corrected chi connectivity index (χ1v) is 6.94. The number of hydrogen-bond acceptors (Lipinski definition) is 4. The zero-order chi connectivity index (χ0) is 16.4. The lowest BCUT2D eigenvalue weighted by Crippen LogP contribution is -2.23. The van der Waals surface area contributed by atoms with Gasteiger partial charge in [0.25, 0.3) is 0 Å². The van der Waals surface area contributed by atoms with Crippen LogP contribution in [0.15, 0.2) is 12.1 Å². The molecule has 0 saturated carbocycles. The summed E-state index contributed by atoms with van der Waals surface area (Å²) in [5.41, 5.74) is 1.29. The van der Waals surface area contributed by atoms with Gasteiger partial charge in [-0.3, -0.25) is 0 Å². The van der Waals surface area contributed by atoms with Crippen LogP contribution in [0.5, 0.6) is 0 Å². The van der Waals surface area contributed by atoms with E-state index in [-0.39, 0.29) is 17.6 Å². The van der Waals surface area contributed by atoms with Crippen LogP contribution in [0.1, 0.15) is 58.3 Å². The van der Waals surface area contributed by atoms with Gasteiger partial charge in [0.2, 0.25) is 0 Å². The van der Waals surface area contributed by atoms with E-state index in [0.29, 0.717) is 17.8 Å². The molecular formula is C14H18N4O4. The molecule has 0 radical (unpaired) electrons. The van der Waals surface area contributed by atoms with Crippen LogP contribution in [0, 0.1) is 13.8 Å². The summed E-state index contributed by atoms with van der Waals surface area (Å²) in [4.78, 5) is 22.1. The van der Waals surface area contributed by atoms with Gasteiger partial charge < -0.3 is 10.2 Å². The van der Waals surface area contributed by atoms with Crippen molar-refractivity contribution in [1.82, 2.24) is 19.6 Å².